The number of nitrogens with one attached hydrogen (secondary N) is 1. The van der Waals surface area contributed by atoms with Crippen LogP contribution in [-0.4, -0.2) is 14.9 Å². The fourth-order valence-corrected chi connectivity index (χ4v) is 2.33. The van der Waals surface area contributed by atoms with Gasteiger partial charge in [-0.15, -0.1) is 0 Å². The lowest BCUT2D eigenvalue weighted by atomic mass is 10.0. The van der Waals surface area contributed by atoms with E-state index in [0.29, 0.717) is 11.1 Å². The van der Waals surface area contributed by atoms with Gasteiger partial charge in [0.1, 0.15) is 5.82 Å². The number of hydrogen-bond acceptors (Lipinski definition) is 4. The van der Waals surface area contributed by atoms with Gasteiger partial charge in [-0.2, -0.15) is 0 Å². The summed E-state index contributed by atoms with van der Waals surface area (Å²) in [5.74, 6) is -0.622. The van der Waals surface area contributed by atoms with Crippen LogP contribution >= 0.6 is 11.6 Å². The van der Waals surface area contributed by atoms with E-state index in [1.165, 1.54) is 24.5 Å². The first-order valence-electron chi connectivity index (χ1n) is 6.08. The van der Waals surface area contributed by atoms with Crippen molar-refractivity contribution in [2.45, 2.75) is 0 Å². The molecule has 1 heterocycles. The molecule has 1 aromatic heterocycles. The Bertz CT molecular complexity index is 971. The molecule has 22 heavy (non-hydrogen) atoms. The summed E-state index contributed by atoms with van der Waals surface area (Å²) in [6.45, 7) is 0. The zero-order valence-corrected chi connectivity index (χ0v) is 11.6. The molecule has 110 valence electrons. The zero-order valence-electron chi connectivity index (χ0n) is 10.8. The van der Waals surface area contributed by atoms with Crippen LogP contribution in [0.25, 0.3) is 22.0 Å². The number of H-pyrrole nitrogens is 1. The third kappa shape index (κ3) is 2.31. The Hall–Kier alpha value is -2.80. The Balaban J connectivity index is 2.36. The predicted octanol–water partition coefficient (Wildman–Crippen LogP) is 3.29. The highest BCUT2D eigenvalue weighted by atomic mass is 35.5. The smallest absolute Gasteiger partial charge is 0.278 e. The Morgan fingerprint density at radius 2 is 2.05 bits per heavy atom. The molecule has 3 aromatic rings. The molecule has 0 saturated heterocycles. The maximum atomic E-state index is 13.3. The number of nitro benzene ring substituents is 1. The van der Waals surface area contributed by atoms with Gasteiger partial charge in [-0.05, 0) is 23.8 Å². The molecule has 1 N–H and O–H groups in total. The summed E-state index contributed by atoms with van der Waals surface area (Å²) in [5, 5.41) is 11.2. The number of hydrogen-bond donors (Lipinski definition) is 1. The summed E-state index contributed by atoms with van der Waals surface area (Å²) in [7, 11) is 0. The van der Waals surface area contributed by atoms with E-state index in [0.717, 1.165) is 12.1 Å². The molecule has 8 heteroatoms. The molecule has 0 amide bonds. The van der Waals surface area contributed by atoms with Crippen LogP contribution in [0.2, 0.25) is 5.02 Å². The number of rotatable bonds is 2. The van der Waals surface area contributed by atoms with Gasteiger partial charge >= 0.3 is 0 Å². The number of aromatic nitrogens is 2. The normalized spacial score (nSPS) is 10.8. The summed E-state index contributed by atoms with van der Waals surface area (Å²) in [5.41, 5.74) is 0.106. The summed E-state index contributed by atoms with van der Waals surface area (Å²) < 4.78 is 13.3. The summed E-state index contributed by atoms with van der Waals surface area (Å²) >= 11 is 5.72. The minimum atomic E-state index is -0.622. The minimum Gasteiger partial charge on any atom is -0.313 e. The first kappa shape index (κ1) is 14.2. The second kappa shape index (κ2) is 5.19. The predicted molar refractivity (Wildman–Crippen MR) is 79.4 cm³/mol. The first-order chi connectivity index (χ1) is 10.5. The van der Waals surface area contributed by atoms with Gasteiger partial charge in [-0.3, -0.25) is 14.9 Å². The van der Waals surface area contributed by atoms with Crippen LogP contribution in [0.15, 0.2) is 41.5 Å². The van der Waals surface area contributed by atoms with Gasteiger partial charge in [0.25, 0.3) is 11.2 Å². The van der Waals surface area contributed by atoms with E-state index >= 15 is 0 Å². The van der Waals surface area contributed by atoms with Crippen LogP contribution in [0.5, 0.6) is 0 Å². The van der Waals surface area contributed by atoms with E-state index in [2.05, 4.69) is 9.97 Å². The number of aromatic amines is 1. The van der Waals surface area contributed by atoms with E-state index in [1.54, 1.807) is 0 Å². The van der Waals surface area contributed by atoms with Crippen LogP contribution in [-0.2, 0) is 0 Å². The van der Waals surface area contributed by atoms with Crippen LogP contribution in [0.3, 0.4) is 0 Å². The van der Waals surface area contributed by atoms with Gasteiger partial charge in [0, 0.05) is 6.07 Å². The van der Waals surface area contributed by atoms with Crippen LogP contribution in [0.4, 0.5) is 10.1 Å². The second-order valence-corrected chi connectivity index (χ2v) is 4.91. The van der Waals surface area contributed by atoms with E-state index in [9.17, 15) is 19.3 Å². The molecule has 0 fully saturated rings. The molecule has 0 bridgehead atoms. The van der Waals surface area contributed by atoms with Gasteiger partial charge in [0.15, 0.2) is 0 Å². The van der Waals surface area contributed by atoms with Gasteiger partial charge in [-0.1, -0.05) is 17.7 Å². The topological polar surface area (TPSA) is 88.9 Å². The fourth-order valence-electron chi connectivity index (χ4n) is 2.15. The van der Waals surface area contributed by atoms with Crippen molar-refractivity contribution >= 4 is 28.2 Å². The quantitative estimate of drug-likeness (QED) is 0.579. The van der Waals surface area contributed by atoms with Crippen molar-refractivity contribution in [3.05, 3.63) is 68.0 Å². The molecule has 2 aromatic carbocycles. The van der Waals surface area contributed by atoms with Crippen LogP contribution in [0, 0.1) is 15.9 Å². The van der Waals surface area contributed by atoms with Crippen molar-refractivity contribution in [3.8, 4) is 11.1 Å². The number of benzene rings is 2. The molecule has 6 nitrogen and oxygen atoms in total. The van der Waals surface area contributed by atoms with Crippen molar-refractivity contribution in [1.82, 2.24) is 9.97 Å². The average Bonchev–Trinajstić information content (AvgIpc) is 2.49. The Morgan fingerprint density at radius 1 is 1.27 bits per heavy atom. The van der Waals surface area contributed by atoms with Crippen LogP contribution in [0.1, 0.15) is 0 Å². The van der Waals surface area contributed by atoms with Gasteiger partial charge < -0.3 is 4.98 Å². The maximum Gasteiger partial charge on any atom is 0.278 e. The van der Waals surface area contributed by atoms with Gasteiger partial charge in [-0.25, -0.2) is 9.37 Å². The number of halogens is 2. The van der Waals surface area contributed by atoms with Gasteiger partial charge in [0.05, 0.1) is 32.7 Å². The van der Waals surface area contributed by atoms with E-state index in [4.69, 9.17) is 11.6 Å². The van der Waals surface area contributed by atoms with Crippen molar-refractivity contribution in [2.75, 3.05) is 0 Å². The number of fused-ring (bicyclic) bond motifs is 1. The Morgan fingerprint density at radius 3 is 2.73 bits per heavy atom. The molecule has 0 unspecified atom stereocenters. The third-order valence-corrected chi connectivity index (χ3v) is 3.47. The summed E-state index contributed by atoms with van der Waals surface area (Å²) in [6, 6.07) is 6.34. The van der Waals surface area contributed by atoms with Crippen molar-refractivity contribution in [1.29, 1.82) is 0 Å². The van der Waals surface area contributed by atoms with Crippen molar-refractivity contribution < 1.29 is 9.31 Å². The standard InChI is InChI=1S/C14H7ClFN3O3/c15-10-3-7(1-2-11(10)16)8-4-12-9(5-13(8)19(21)22)14(20)18-6-17-12/h1-6H,(H,17,18,20). The van der Waals surface area contributed by atoms with E-state index in [-0.39, 0.29) is 21.7 Å². The zero-order chi connectivity index (χ0) is 15.9. The Kier molecular flexibility index (Phi) is 3.34. The SMILES string of the molecule is O=c1[nH]cnc2cc(-c3ccc(F)c(Cl)c3)c([N+](=O)[O-])cc12. The lowest BCUT2D eigenvalue weighted by Crippen LogP contribution is -2.07. The maximum absolute atomic E-state index is 13.3. The molecule has 0 aliphatic carbocycles. The first-order valence-corrected chi connectivity index (χ1v) is 6.46. The molecule has 0 radical (unpaired) electrons. The van der Waals surface area contributed by atoms with E-state index < -0.39 is 16.3 Å². The number of nitrogens with zero attached hydrogens (tertiary/aromatic N) is 2. The monoisotopic (exact) mass is 319 g/mol. The third-order valence-electron chi connectivity index (χ3n) is 3.19. The highest BCUT2D eigenvalue weighted by Crippen LogP contribution is 2.34. The molecular formula is C14H7ClFN3O3. The van der Waals surface area contributed by atoms with Crippen molar-refractivity contribution in [2.24, 2.45) is 0 Å². The minimum absolute atomic E-state index is 0.103. The lowest BCUT2D eigenvalue weighted by Gasteiger charge is -2.06. The van der Waals surface area contributed by atoms with Crippen LogP contribution < -0.4 is 5.56 Å². The summed E-state index contributed by atoms with van der Waals surface area (Å²) in [4.78, 5) is 28.7. The largest absolute Gasteiger partial charge is 0.313 e. The molecular weight excluding hydrogens is 313 g/mol. The Labute approximate surface area is 127 Å². The highest BCUT2D eigenvalue weighted by Gasteiger charge is 2.19. The number of nitro groups is 1. The second-order valence-electron chi connectivity index (χ2n) is 4.50. The lowest BCUT2D eigenvalue weighted by molar-refractivity contribution is -0.384. The van der Waals surface area contributed by atoms with Crippen molar-refractivity contribution in [3.63, 3.8) is 0 Å². The molecule has 0 spiro atoms. The average molecular weight is 320 g/mol. The molecule has 0 aliphatic rings. The molecule has 3 rings (SSSR count). The summed E-state index contributed by atoms with van der Waals surface area (Å²) in [6.07, 6.45) is 1.21. The molecule has 0 saturated carbocycles. The molecule has 0 atom stereocenters. The van der Waals surface area contributed by atoms with Gasteiger partial charge in [0.2, 0.25) is 0 Å². The molecule has 0 aliphatic heterocycles. The van der Waals surface area contributed by atoms with E-state index in [1.807, 2.05) is 0 Å². The fraction of sp³-hybridized carbons (Fsp3) is 0. The highest BCUT2D eigenvalue weighted by molar-refractivity contribution is 6.31.